The van der Waals surface area contributed by atoms with Crippen LogP contribution in [0.2, 0.25) is 0 Å². The summed E-state index contributed by atoms with van der Waals surface area (Å²) in [5.74, 6) is -15.2. The molecule has 0 radical (unpaired) electrons. The second kappa shape index (κ2) is 42.2. The molecule has 0 aliphatic carbocycles. The van der Waals surface area contributed by atoms with Gasteiger partial charge in [0.05, 0.1) is 51.1 Å². The molecular weight excluding hydrogens is 1380 g/mol. The molecule has 38 nitrogen and oxygen atoms in total. The summed E-state index contributed by atoms with van der Waals surface area (Å²) < 4.78 is 23.2. The SMILES string of the molecule is CC(=O)N[C@H]1[C@@H](OCCSCC[C@H](NC(=O)[C@H](Cc2ccc(O)cc2)NC(=O)[C@@H](NC(=O)[C@H](Cc2ccc(O)cc2)NC(=O)CNC(=O)[C@@H](N)CCCN=C(N)N)C(C)C)C(=O)NCC(=O)N[C@@H](CC(C)C)C(=O)O)O[C@H](CO[C@]2(C(=O)O)C[C@H](O)[C@@H](NC(C)=O)[C@H]([C@H](O)[C@H](O)CO)O2)[C@H](O)[C@@H]1O. The van der Waals surface area contributed by atoms with E-state index in [4.69, 9.17) is 36.1 Å². The third-order valence-corrected chi connectivity index (χ3v) is 17.2. The number of hydrogen-bond acceptors (Lipinski definition) is 26. The lowest BCUT2D eigenvalue weighted by Crippen LogP contribution is -2.69. The first kappa shape index (κ1) is 86.8. The normalized spacial score (nSPS) is 22.6. The number of phenols is 2. The molecule has 576 valence electrons. The van der Waals surface area contributed by atoms with Crippen molar-refractivity contribution in [2.75, 3.05) is 51.0 Å². The number of carboxylic acid groups (broad SMARTS) is 2. The number of rotatable bonds is 42. The number of carbonyl (C=O) groups is 11. The van der Waals surface area contributed by atoms with Crippen molar-refractivity contribution in [3.05, 3.63) is 59.7 Å². The molecule has 2 aromatic carbocycles. The van der Waals surface area contributed by atoms with Gasteiger partial charge in [-0.05, 0) is 78.7 Å². The number of carbonyl (C=O) groups excluding carboxylic acids is 9. The minimum absolute atomic E-state index is 0.00650. The lowest BCUT2D eigenvalue weighted by atomic mass is 9.88. The molecule has 4 rings (SSSR count). The highest BCUT2D eigenvalue weighted by molar-refractivity contribution is 7.99. The lowest BCUT2D eigenvalue weighted by molar-refractivity contribution is -0.330. The second-order valence-electron chi connectivity index (χ2n) is 25.5. The van der Waals surface area contributed by atoms with Crippen LogP contribution in [0.4, 0.5) is 0 Å². The monoisotopic (exact) mass is 1480 g/mol. The number of amides is 9. The van der Waals surface area contributed by atoms with Gasteiger partial charge in [0.1, 0.15) is 84.4 Å². The largest absolute Gasteiger partial charge is 0.508 e. The number of aliphatic carboxylic acids is 2. The highest BCUT2D eigenvalue weighted by Gasteiger charge is 2.57. The van der Waals surface area contributed by atoms with E-state index in [0.29, 0.717) is 17.5 Å². The Balaban J connectivity index is 1.58. The van der Waals surface area contributed by atoms with Crippen molar-refractivity contribution in [2.45, 2.75) is 190 Å². The van der Waals surface area contributed by atoms with E-state index in [9.17, 15) is 104 Å². The average Bonchev–Trinajstić information content (AvgIpc) is 0.766. The first-order valence-corrected chi connectivity index (χ1v) is 34.2. The number of aliphatic hydroxyl groups is 6. The van der Waals surface area contributed by atoms with Gasteiger partial charge in [0.25, 0.3) is 5.79 Å². The lowest BCUT2D eigenvalue weighted by Gasteiger charge is -2.47. The Morgan fingerprint density at radius 3 is 1.74 bits per heavy atom. The van der Waals surface area contributed by atoms with E-state index in [1.165, 1.54) is 48.5 Å². The third-order valence-electron chi connectivity index (χ3n) is 16.2. The van der Waals surface area contributed by atoms with E-state index < -0.39 is 207 Å². The number of benzene rings is 2. The van der Waals surface area contributed by atoms with Gasteiger partial charge in [-0.2, -0.15) is 11.8 Å². The van der Waals surface area contributed by atoms with Crippen LogP contribution in [0.3, 0.4) is 0 Å². The molecule has 0 unspecified atom stereocenters. The topological polar surface area (TPSA) is 626 Å². The molecule has 9 amide bonds. The number of ether oxygens (including phenoxy) is 4. The Morgan fingerprint density at radius 2 is 1.21 bits per heavy atom. The molecule has 2 aliphatic rings. The Labute approximate surface area is 597 Å². The summed E-state index contributed by atoms with van der Waals surface area (Å²) in [6.07, 6.45) is -16.2. The van der Waals surface area contributed by atoms with Crippen LogP contribution in [0.15, 0.2) is 53.5 Å². The molecule has 2 aromatic rings. The number of thioether (sulfide) groups is 1. The van der Waals surface area contributed by atoms with Crippen molar-refractivity contribution >= 4 is 82.8 Å². The molecule has 103 heavy (non-hydrogen) atoms. The quantitative estimate of drug-likeness (QED) is 0.0167. The maximum atomic E-state index is 14.7. The number of aromatic hydroxyl groups is 2. The predicted octanol–water partition coefficient (Wildman–Crippen LogP) is -7.04. The van der Waals surface area contributed by atoms with Crippen LogP contribution in [0, 0.1) is 11.8 Å². The summed E-state index contributed by atoms with van der Waals surface area (Å²) in [6, 6.07) is -0.280. The third kappa shape index (κ3) is 28.5. The van der Waals surface area contributed by atoms with Gasteiger partial charge in [-0.1, -0.05) is 52.0 Å². The molecule has 39 heteroatoms. The number of guanidine groups is 1. The van der Waals surface area contributed by atoms with Crippen LogP contribution in [0.1, 0.15) is 84.8 Å². The van der Waals surface area contributed by atoms with E-state index in [1.807, 2.05) is 0 Å². The zero-order valence-electron chi connectivity index (χ0n) is 57.8. The molecule has 2 aliphatic heterocycles. The fourth-order valence-electron chi connectivity index (χ4n) is 10.8. The van der Waals surface area contributed by atoms with Gasteiger partial charge in [0.15, 0.2) is 12.2 Å². The van der Waals surface area contributed by atoms with E-state index in [0.717, 1.165) is 25.6 Å². The number of nitrogens with one attached hydrogen (secondary N) is 9. The van der Waals surface area contributed by atoms with Crippen LogP contribution in [0.5, 0.6) is 11.5 Å². The van der Waals surface area contributed by atoms with E-state index >= 15 is 0 Å². The van der Waals surface area contributed by atoms with Gasteiger partial charge < -0.3 is 135 Å². The standard InChI is InChI=1S/C64H99N13O25S/c1-30(2)22-42(60(95)96)74-47(86)27-70-56(91)39(17-20-103-21-19-99-61-50(72-33(6)80)53(89)52(88)45(101-61)29-100-64(62(97)98)25-43(83)49(71-32(5)79)54(102-64)51(87)44(84)28-78)75-57(92)41(24-35-11-15-37(82)16-12-35)76-59(94)48(31(3)4)77-58(93)40(23-34-9-13-36(81)14-10-34)73-46(85)26-69-55(90)38(65)8-7-18-68-63(66)67/h9-16,30-31,38-45,48-54,61,78,81-84,87-89H,7-8,17-29,65H2,1-6H3,(H,69,90)(H,70,91)(H,71,79)(H,72,80)(H,73,85)(H,74,86)(H,75,92)(H,76,94)(H,77,93)(H,95,96)(H,97,98)(H4,66,67,68)/t38-,39-,40-,41-,42-,43-,44+,45+,48-,49+,50+,51+,52-,53+,54+,61-,64+/m0/s1. The Kier molecular flexibility index (Phi) is 35.6. The first-order valence-electron chi connectivity index (χ1n) is 33.1. The Hall–Kier alpha value is -8.61. The molecule has 25 N–H and O–H groups in total. The zero-order chi connectivity index (χ0) is 77.0. The summed E-state index contributed by atoms with van der Waals surface area (Å²) in [5.41, 5.74) is 17.5. The van der Waals surface area contributed by atoms with Crippen molar-refractivity contribution in [3.63, 3.8) is 0 Å². The second-order valence-corrected chi connectivity index (χ2v) is 26.7. The molecule has 2 fully saturated rings. The summed E-state index contributed by atoms with van der Waals surface area (Å²) in [6.45, 7) is 5.19. The number of aliphatic hydroxyl groups excluding tert-OH is 6. The summed E-state index contributed by atoms with van der Waals surface area (Å²) >= 11 is 1.10. The van der Waals surface area contributed by atoms with Crippen LogP contribution in [-0.2, 0) is 84.5 Å². The van der Waals surface area contributed by atoms with Crippen molar-refractivity contribution in [2.24, 2.45) is 34.0 Å². The molecule has 0 saturated carbocycles. The van der Waals surface area contributed by atoms with Gasteiger partial charge in [-0.15, -0.1) is 0 Å². The maximum absolute atomic E-state index is 14.7. The molecule has 2 saturated heterocycles. The van der Waals surface area contributed by atoms with Crippen molar-refractivity contribution in [3.8, 4) is 11.5 Å². The van der Waals surface area contributed by atoms with Crippen molar-refractivity contribution in [1.29, 1.82) is 0 Å². The van der Waals surface area contributed by atoms with Crippen molar-refractivity contribution < 1.29 is 123 Å². The van der Waals surface area contributed by atoms with Crippen LogP contribution in [-0.4, -0.2) is 276 Å². The molecule has 2 heterocycles. The van der Waals surface area contributed by atoms with Crippen molar-refractivity contribution in [1.82, 2.24) is 47.9 Å². The van der Waals surface area contributed by atoms with E-state index in [1.54, 1.807) is 27.7 Å². The number of phenolic OH excluding ortho intramolecular Hbond substituents is 2. The zero-order valence-corrected chi connectivity index (χ0v) is 58.6. The van der Waals surface area contributed by atoms with Gasteiger partial charge in [0, 0.05) is 45.4 Å². The molecule has 0 bridgehead atoms. The number of aliphatic imine (C=N–C) groups is 1. The molecule has 17 atom stereocenters. The predicted molar refractivity (Wildman–Crippen MR) is 364 cm³/mol. The number of carboxylic acids is 2. The minimum Gasteiger partial charge on any atom is -0.508 e. The van der Waals surface area contributed by atoms with Gasteiger partial charge >= 0.3 is 11.9 Å². The number of nitrogens with zero attached hydrogens (tertiary/aromatic N) is 1. The summed E-state index contributed by atoms with van der Waals surface area (Å²) in [5, 5.41) is 127. The van der Waals surface area contributed by atoms with Gasteiger partial charge in [-0.25, -0.2) is 9.59 Å². The molecule has 0 aromatic heterocycles. The minimum atomic E-state index is -2.90. The van der Waals surface area contributed by atoms with Crippen LogP contribution < -0.4 is 65.1 Å². The highest BCUT2D eigenvalue weighted by Crippen LogP contribution is 2.35. The molecular formula is C64H99N13O25S. The fourth-order valence-corrected chi connectivity index (χ4v) is 11.6. The number of hydrogen-bond donors (Lipinski definition) is 22. The summed E-state index contributed by atoms with van der Waals surface area (Å²) in [7, 11) is 0. The Morgan fingerprint density at radius 1 is 0.680 bits per heavy atom. The average molecular weight is 1480 g/mol. The van der Waals surface area contributed by atoms with E-state index in [2.05, 4.69) is 52.8 Å². The highest BCUT2D eigenvalue weighted by atomic mass is 32.2. The first-order chi connectivity index (χ1) is 48.4. The smallest absolute Gasteiger partial charge is 0.364 e. The maximum Gasteiger partial charge on any atom is 0.364 e. The van der Waals surface area contributed by atoms with Crippen LogP contribution in [0.25, 0.3) is 0 Å². The molecule has 0 spiro atoms. The van der Waals surface area contributed by atoms with Gasteiger partial charge in [0.2, 0.25) is 53.2 Å². The Bertz CT molecular complexity index is 3190. The fraction of sp³-hybridized carbons (Fsp3) is 0.625. The summed E-state index contributed by atoms with van der Waals surface area (Å²) in [4.78, 5) is 150. The van der Waals surface area contributed by atoms with Gasteiger partial charge in [-0.3, -0.25) is 48.1 Å². The van der Waals surface area contributed by atoms with Crippen LogP contribution >= 0.6 is 11.8 Å². The van der Waals surface area contributed by atoms with E-state index in [-0.39, 0.29) is 80.1 Å². The number of nitrogens with two attached hydrogens (primary N) is 3.